The molecule has 0 rings (SSSR count). The highest BCUT2D eigenvalue weighted by Crippen LogP contribution is 2.38. The lowest BCUT2D eigenvalue weighted by Gasteiger charge is -2.30. The Morgan fingerprint density at radius 3 is 0.978 bits per heavy atom. The summed E-state index contributed by atoms with van der Waals surface area (Å²) in [4.78, 5) is 25.8. The predicted molar refractivity (Wildman–Crippen MR) is 399 cm³/mol. The van der Waals surface area contributed by atoms with Crippen LogP contribution in [0.2, 0.25) is 0 Å². The molecule has 0 aliphatic rings. The molecule has 0 aromatic heterocycles. The van der Waals surface area contributed by atoms with Gasteiger partial charge in [0.25, 0.3) is 7.82 Å². The van der Waals surface area contributed by atoms with E-state index in [1.807, 2.05) is 21.1 Å². The van der Waals surface area contributed by atoms with Crippen LogP contribution in [0.3, 0.4) is 0 Å². The van der Waals surface area contributed by atoms with E-state index in [0.717, 1.165) is 77.0 Å². The second-order valence-corrected chi connectivity index (χ2v) is 29.8. The zero-order valence-corrected chi connectivity index (χ0v) is 62.2. The monoisotopic (exact) mass is 1300 g/mol. The highest BCUT2D eigenvalue weighted by Gasteiger charge is 2.24. The van der Waals surface area contributed by atoms with Gasteiger partial charge >= 0.3 is 0 Å². The highest BCUT2D eigenvalue weighted by atomic mass is 31.2. The van der Waals surface area contributed by atoms with Crippen LogP contribution in [0.25, 0.3) is 0 Å². The maximum atomic E-state index is 13.1. The van der Waals surface area contributed by atoms with Crippen molar-refractivity contribution < 1.29 is 32.9 Å². The van der Waals surface area contributed by atoms with E-state index in [4.69, 9.17) is 9.05 Å². The van der Waals surface area contributed by atoms with Gasteiger partial charge in [-0.25, -0.2) is 0 Å². The van der Waals surface area contributed by atoms with E-state index in [1.165, 1.54) is 289 Å². The number of aliphatic hydroxyl groups is 1. The van der Waals surface area contributed by atoms with Crippen molar-refractivity contribution in [1.82, 2.24) is 5.32 Å². The second-order valence-electron chi connectivity index (χ2n) is 28.4. The standard InChI is InChI=1S/C82H155N2O6P/c1-6-8-10-12-14-16-18-20-22-24-26-28-30-32-34-36-38-40-41-42-43-44-46-48-50-52-54-56-58-60-62-64-66-68-70-72-74-76-82(86)83-80(79-90-91(87,88)89-78-77-84(3,4)5)81(85)75-73-71-69-67-65-63-61-59-57-55-53-51-49-47-45-39-37-35-33-31-29-27-25-23-21-19-17-15-13-11-9-7-2/h8,10,14,16,20,22,26,28,32,34,38,40,80-81,85H,6-7,9,11-13,15,17-19,21,23-25,27,29-31,33,35-37,39,41-79H2,1-5H3,(H-,83,86,87,88)/b10-8-,16-14-,22-20-,28-26-,34-32-,40-38-. The number of aliphatic hydroxyl groups excluding tert-OH is 1. The molecular formula is C82H155N2O6P. The molecule has 3 atom stereocenters. The zero-order valence-electron chi connectivity index (χ0n) is 61.3. The van der Waals surface area contributed by atoms with Crippen LogP contribution < -0.4 is 10.2 Å². The molecule has 0 bridgehead atoms. The van der Waals surface area contributed by atoms with Gasteiger partial charge in [0.2, 0.25) is 5.91 Å². The fraction of sp³-hybridized carbons (Fsp3) is 0.841. The summed E-state index contributed by atoms with van der Waals surface area (Å²) < 4.78 is 23.6. The van der Waals surface area contributed by atoms with Gasteiger partial charge in [-0.2, -0.15) is 0 Å². The summed E-state index contributed by atoms with van der Waals surface area (Å²) in [6, 6.07) is -0.804. The average Bonchev–Trinajstić information content (AvgIpc) is 3.42. The van der Waals surface area contributed by atoms with Crippen LogP contribution in [-0.2, 0) is 18.4 Å². The first-order valence-electron chi connectivity index (χ1n) is 39.8. The summed E-state index contributed by atoms with van der Waals surface area (Å²) >= 11 is 0. The van der Waals surface area contributed by atoms with E-state index >= 15 is 0 Å². The first-order chi connectivity index (χ1) is 44.5. The molecule has 0 spiro atoms. The number of likely N-dealkylation sites (N-methyl/N-ethyl adjacent to an activating group) is 1. The van der Waals surface area contributed by atoms with Gasteiger partial charge in [0.05, 0.1) is 39.9 Å². The number of unbranched alkanes of at least 4 members (excludes halogenated alkanes) is 49. The van der Waals surface area contributed by atoms with Crippen molar-refractivity contribution in [1.29, 1.82) is 0 Å². The maximum absolute atomic E-state index is 13.1. The molecule has 0 aliphatic carbocycles. The van der Waals surface area contributed by atoms with Gasteiger partial charge in [0.15, 0.2) is 0 Å². The predicted octanol–water partition coefficient (Wildman–Crippen LogP) is 25.4. The van der Waals surface area contributed by atoms with Crippen molar-refractivity contribution >= 4 is 13.7 Å². The molecule has 3 unspecified atom stereocenters. The number of quaternary nitrogens is 1. The Balaban J connectivity index is 3.95. The molecule has 0 heterocycles. The molecule has 0 saturated heterocycles. The van der Waals surface area contributed by atoms with Crippen LogP contribution in [0, 0.1) is 0 Å². The van der Waals surface area contributed by atoms with Gasteiger partial charge in [-0.3, -0.25) is 9.36 Å². The fourth-order valence-electron chi connectivity index (χ4n) is 12.1. The van der Waals surface area contributed by atoms with Gasteiger partial charge in [-0.15, -0.1) is 0 Å². The smallest absolute Gasteiger partial charge is 0.268 e. The molecular weight excluding hydrogens is 1140 g/mol. The number of allylic oxidation sites excluding steroid dienone is 12. The summed E-state index contributed by atoms with van der Waals surface area (Å²) in [6.07, 6.45) is 102. The normalized spacial score (nSPS) is 13.9. The van der Waals surface area contributed by atoms with E-state index < -0.39 is 20.0 Å². The Kier molecular flexibility index (Phi) is 70.6. The average molecular weight is 1300 g/mol. The Morgan fingerprint density at radius 2 is 0.670 bits per heavy atom. The zero-order chi connectivity index (χ0) is 66.2. The minimum atomic E-state index is -4.59. The van der Waals surface area contributed by atoms with Crippen LogP contribution in [0.1, 0.15) is 393 Å². The lowest BCUT2D eigenvalue weighted by molar-refractivity contribution is -0.870. The number of amides is 1. The first-order valence-corrected chi connectivity index (χ1v) is 41.2. The maximum Gasteiger partial charge on any atom is 0.268 e. The summed E-state index contributed by atoms with van der Waals surface area (Å²) in [5.41, 5.74) is 0. The summed E-state index contributed by atoms with van der Waals surface area (Å²) in [5.74, 6) is -0.159. The summed E-state index contributed by atoms with van der Waals surface area (Å²) in [6.45, 7) is 4.66. The van der Waals surface area contributed by atoms with Crippen LogP contribution in [0.15, 0.2) is 72.9 Å². The first kappa shape index (κ1) is 88.9. The minimum absolute atomic E-state index is 0.0125. The molecule has 9 heteroatoms. The number of hydrogen-bond donors (Lipinski definition) is 2. The third kappa shape index (κ3) is 75.2. The number of rotatable bonds is 74. The van der Waals surface area contributed by atoms with E-state index in [9.17, 15) is 19.4 Å². The highest BCUT2D eigenvalue weighted by molar-refractivity contribution is 7.45. The largest absolute Gasteiger partial charge is 0.756 e. The topological polar surface area (TPSA) is 108 Å². The number of phosphoric acid groups is 1. The molecule has 2 N–H and O–H groups in total. The van der Waals surface area contributed by atoms with E-state index in [-0.39, 0.29) is 19.1 Å². The summed E-state index contributed by atoms with van der Waals surface area (Å²) in [5, 5.41) is 14.2. The van der Waals surface area contributed by atoms with Crippen molar-refractivity contribution in [3.63, 3.8) is 0 Å². The lowest BCUT2D eigenvalue weighted by atomic mass is 10.0. The molecule has 1 amide bonds. The quantitative estimate of drug-likeness (QED) is 0.0272. The Bertz CT molecular complexity index is 1720. The van der Waals surface area contributed by atoms with Crippen LogP contribution in [0.5, 0.6) is 0 Å². The second kappa shape index (κ2) is 72.2. The molecule has 0 fully saturated rings. The number of hydrogen-bond acceptors (Lipinski definition) is 6. The molecule has 91 heavy (non-hydrogen) atoms. The van der Waals surface area contributed by atoms with Crippen molar-refractivity contribution in [3.05, 3.63) is 72.9 Å². The molecule has 534 valence electrons. The Labute approximate surface area is 567 Å². The molecule has 8 nitrogen and oxygen atoms in total. The van der Waals surface area contributed by atoms with Crippen molar-refractivity contribution in [2.24, 2.45) is 0 Å². The third-order valence-electron chi connectivity index (χ3n) is 18.2. The number of nitrogens with zero attached hydrogens (tertiary/aromatic N) is 1. The third-order valence-corrected chi connectivity index (χ3v) is 19.2. The number of carbonyl (C=O) groups is 1. The molecule has 0 aliphatic heterocycles. The fourth-order valence-corrected chi connectivity index (χ4v) is 12.8. The van der Waals surface area contributed by atoms with Crippen LogP contribution in [0.4, 0.5) is 0 Å². The summed E-state index contributed by atoms with van der Waals surface area (Å²) in [7, 11) is 1.32. The van der Waals surface area contributed by atoms with E-state index in [2.05, 4.69) is 92.1 Å². The van der Waals surface area contributed by atoms with Gasteiger partial charge in [0.1, 0.15) is 13.2 Å². The van der Waals surface area contributed by atoms with Gasteiger partial charge in [-0.1, -0.05) is 395 Å². The number of phosphoric ester groups is 1. The van der Waals surface area contributed by atoms with Gasteiger partial charge in [0, 0.05) is 6.42 Å². The van der Waals surface area contributed by atoms with Gasteiger partial charge in [-0.05, 0) is 64.2 Å². The lowest BCUT2D eigenvalue weighted by Crippen LogP contribution is -2.46. The van der Waals surface area contributed by atoms with Gasteiger partial charge < -0.3 is 28.8 Å². The van der Waals surface area contributed by atoms with Crippen LogP contribution >= 0.6 is 7.82 Å². The minimum Gasteiger partial charge on any atom is -0.756 e. The molecule has 0 radical (unpaired) electrons. The molecule has 0 saturated carbocycles. The number of carbonyl (C=O) groups excluding carboxylic acids is 1. The van der Waals surface area contributed by atoms with E-state index in [0.29, 0.717) is 23.9 Å². The van der Waals surface area contributed by atoms with E-state index in [1.54, 1.807) is 0 Å². The molecule has 0 aromatic rings. The van der Waals surface area contributed by atoms with Crippen LogP contribution in [-0.4, -0.2) is 68.5 Å². The molecule has 0 aromatic carbocycles. The number of nitrogens with one attached hydrogen (secondary N) is 1. The SMILES string of the molecule is CC/C=C\C/C=C\C/C=C\C/C=C\C/C=C\C/C=C\CCCCCCCCCCCCCCCCCCCCC(=O)NC(COP(=O)([O-])OCC[N+](C)(C)C)C(O)CCCCCCCCCCCCCCCCCCCCCCCCCCCCCCCCCC. The Morgan fingerprint density at radius 1 is 0.396 bits per heavy atom. The Hall–Kier alpha value is -2.06. The van der Waals surface area contributed by atoms with Crippen molar-refractivity contribution in [2.75, 3.05) is 40.9 Å². The van der Waals surface area contributed by atoms with Crippen molar-refractivity contribution in [2.45, 2.75) is 405 Å². The van der Waals surface area contributed by atoms with Crippen molar-refractivity contribution in [3.8, 4) is 0 Å².